The Balaban J connectivity index is 1.60. The van der Waals surface area contributed by atoms with E-state index >= 15 is 0 Å². The van der Waals surface area contributed by atoms with E-state index in [1.165, 1.54) is 5.56 Å². The lowest BCUT2D eigenvalue weighted by molar-refractivity contribution is -0.142. The number of aliphatic carboxylic acids is 1. The highest BCUT2D eigenvalue weighted by Crippen LogP contribution is 2.37. The standard InChI is InChI=1S/C20H28N2O3/c1-13-12-18(15-6-4-3-5-7-15)14(2)22(13)20(25)21-17-10-8-16(9-11-17)19(23)24/h3-7,13-14,16-18H,8-12H2,1-2H3,(H,21,25)(H,23,24). The smallest absolute Gasteiger partial charge is 0.318 e. The third-order valence-electron chi connectivity index (χ3n) is 5.96. The Morgan fingerprint density at radius 1 is 1.08 bits per heavy atom. The Labute approximate surface area is 149 Å². The number of carbonyl (C=O) groups is 2. The summed E-state index contributed by atoms with van der Waals surface area (Å²) < 4.78 is 0. The molecule has 0 aromatic heterocycles. The summed E-state index contributed by atoms with van der Waals surface area (Å²) in [5, 5.41) is 12.2. The minimum Gasteiger partial charge on any atom is -0.481 e. The molecule has 2 N–H and O–H groups in total. The molecule has 1 saturated carbocycles. The van der Waals surface area contributed by atoms with E-state index in [0.29, 0.717) is 18.8 Å². The number of carboxylic acids is 1. The van der Waals surface area contributed by atoms with E-state index in [4.69, 9.17) is 5.11 Å². The molecule has 3 rings (SSSR count). The van der Waals surface area contributed by atoms with Crippen LogP contribution in [0.3, 0.4) is 0 Å². The Morgan fingerprint density at radius 2 is 1.72 bits per heavy atom. The number of urea groups is 1. The summed E-state index contributed by atoms with van der Waals surface area (Å²) in [6.07, 6.45) is 3.78. The maximum absolute atomic E-state index is 12.8. The first kappa shape index (κ1) is 17.8. The van der Waals surface area contributed by atoms with Gasteiger partial charge in [0, 0.05) is 24.0 Å². The van der Waals surface area contributed by atoms with Crippen molar-refractivity contribution < 1.29 is 14.7 Å². The highest BCUT2D eigenvalue weighted by molar-refractivity contribution is 5.76. The van der Waals surface area contributed by atoms with Crippen molar-refractivity contribution in [2.75, 3.05) is 0 Å². The molecule has 2 amide bonds. The van der Waals surface area contributed by atoms with Crippen molar-refractivity contribution in [3.8, 4) is 0 Å². The number of benzene rings is 1. The van der Waals surface area contributed by atoms with Crippen LogP contribution in [0.1, 0.15) is 57.4 Å². The van der Waals surface area contributed by atoms with Crippen LogP contribution in [0.4, 0.5) is 4.79 Å². The zero-order valence-electron chi connectivity index (χ0n) is 15.0. The van der Waals surface area contributed by atoms with Gasteiger partial charge in [0.05, 0.1) is 5.92 Å². The average Bonchev–Trinajstić information content (AvgIpc) is 2.90. The van der Waals surface area contributed by atoms with Crippen molar-refractivity contribution in [2.45, 2.75) is 70.0 Å². The van der Waals surface area contributed by atoms with Crippen LogP contribution in [0.25, 0.3) is 0 Å². The molecule has 25 heavy (non-hydrogen) atoms. The minimum atomic E-state index is -0.711. The van der Waals surface area contributed by atoms with Crippen molar-refractivity contribution in [1.29, 1.82) is 0 Å². The van der Waals surface area contributed by atoms with Gasteiger partial charge in [-0.25, -0.2) is 4.79 Å². The molecule has 0 bridgehead atoms. The SMILES string of the molecule is CC1CC(c2ccccc2)C(C)N1C(=O)NC1CCC(C(=O)O)CC1. The molecule has 1 aromatic rings. The summed E-state index contributed by atoms with van der Waals surface area (Å²) in [5.74, 6) is -0.595. The number of nitrogens with zero attached hydrogens (tertiary/aromatic N) is 1. The van der Waals surface area contributed by atoms with Gasteiger partial charge in [-0.1, -0.05) is 30.3 Å². The van der Waals surface area contributed by atoms with Crippen molar-refractivity contribution in [3.63, 3.8) is 0 Å². The van der Waals surface area contributed by atoms with Crippen LogP contribution < -0.4 is 5.32 Å². The molecule has 5 nitrogen and oxygen atoms in total. The number of carbonyl (C=O) groups excluding carboxylic acids is 1. The highest BCUT2D eigenvalue weighted by Gasteiger charge is 2.40. The van der Waals surface area contributed by atoms with Gasteiger partial charge in [0.2, 0.25) is 0 Å². The van der Waals surface area contributed by atoms with E-state index in [-0.39, 0.29) is 30.1 Å². The quantitative estimate of drug-likeness (QED) is 0.880. The first-order valence-corrected chi connectivity index (χ1v) is 9.34. The molecule has 1 heterocycles. The van der Waals surface area contributed by atoms with E-state index in [2.05, 4.69) is 43.4 Å². The molecule has 1 aromatic carbocycles. The normalized spacial score (nSPS) is 32.4. The van der Waals surface area contributed by atoms with Crippen LogP contribution in [0.5, 0.6) is 0 Å². The maximum atomic E-state index is 12.8. The first-order valence-electron chi connectivity index (χ1n) is 9.34. The van der Waals surface area contributed by atoms with Crippen molar-refractivity contribution >= 4 is 12.0 Å². The molecule has 136 valence electrons. The van der Waals surface area contributed by atoms with Crippen molar-refractivity contribution in [1.82, 2.24) is 10.2 Å². The van der Waals surface area contributed by atoms with Gasteiger partial charge in [0.25, 0.3) is 0 Å². The molecule has 1 aliphatic heterocycles. The molecule has 1 saturated heterocycles. The molecule has 3 unspecified atom stereocenters. The molecule has 0 radical (unpaired) electrons. The van der Waals surface area contributed by atoms with E-state index < -0.39 is 5.97 Å². The topological polar surface area (TPSA) is 69.6 Å². The predicted octanol–water partition coefficient (Wildman–Crippen LogP) is 3.61. The Kier molecular flexibility index (Phi) is 5.30. The minimum absolute atomic E-state index is 0.00259. The van der Waals surface area contributed by atoms with Crippen LogP contribution in [-0.2, 0) is 4.79 Å². The molecule has 3 atom stereocenters. The zero-order chi connectivity index (χ0) is 18.0. The lowest BCUT2D eigenvalue weighted by Crippen LogP contribution is -2.50. The Hall–Kier alpha value is -2.04. The Bertz CT molecular complexity index is 611. The monoisotopic (exact) mass is 344 g/mol. The van der Waals surface area contributed by atoms with Gasteiger partial charge < -0.3 is 15.3 Å². The van der Waals surface area contributed by atoms with Crippen LogP contribution in [0.15, 0.2) is 30.3 Å². The van der Waals surface area contributed by atoms with Gasteiger partial charge in [-0.3, -0.25) is 4.79 Å². The summed E-state index contributed by atoms with van der Waals surface area (Å²) in [6.45, 7) is 4.24. The molecule has 1 aliphatic carbocycles. The summed E-state index contributed by atoms with van der Waals surface area (Å²) in [4.78, 5) is 25.9. The van der Waals surface area contributed by atoms with E-state index in [1.54, 1.807) is 0 Å². The van der Waals surface area contributed by atoms with Crippen LogP contribution in [0.2, 0.25) is 0 Å². The third-order valence-corrected chi connectivity index (χ3v) is 5.96. The average molecular weight is 344 g/mol. The van der Waals surface area contributed by atoms with Gasteiger partial charge in [-0.15, -0.1) is 0 Å². The second-order valence-corrected chi connectivity index (χ2v) is 7.59. The highest BCUT2D eigenvalue weighted by atomic mass is 16.4. The van der Waals surface area contributed by atoms with Gasteiger partial charge in [-0.05, 0) is 51.5 Å². The number of likely N-dealkylation sites (tertiary alicyclic amines) is 1. The molecule has 0 spiro atoms. The van der Waals surface area contributed by atoms with Crippen molar-refractivity contribution in [3.05, 3.63) is 35.9 Å². The zero-order valence-corrected chi connectivity index (χ0v) is 15.0. The van der Waals surface area contributed by atoms with Crippen LogP contribution >= 0.6 is 0 Å². The van der Waals surface area contributed by atoms with Gasteiger partial charge >= 0.3 is 12.0 Å². The fourth-order valence-electron chi connectivity index (χ4n) is 4.51. The third kappa shape index (κ3) is 3.80. The van der Waals surface area contributed by atoms with Crippen LogP contribution in [0, 0.1) is 5.92 Å². The number of carboxylic acid groups (broad SMARTS) is 1. The number of hydrogen-bond donors (Lipinski definition) is 2. The number of amides is 2. The van der Waals surface area contributed by atoms with E-state index in [1.807, 2.05) is 11.0 Å². The fraction of sp³-hybridized carbons (Fsp3) is 0.600. The summed E-state index contributed by atoms with van der Waals surface area (Å²) in [5.41, 5.74) is 1.29. The van der Waals surface area contributed by atoms with E-state index in [0.717, 1.165) is 19.3 Å². The van der Waals surface area contributed by atoms with Gasteiger partial charge in [0.1, 0.15) is 0 Å². The molecule has 2 fully saturated rings. The molecular formula is C20H28N2O3. The predicted molar refractivity (Wildman–Crippen MR) is 96.5 cm³/mol. The molecular weight excluding hydrogens is 316 g/mol. The van der Waals surface area contributed by atoms with Crippen molar-refractivity contribution in [2.24, 2.45) is 5.92 Å². The maximum Gasteiger partial charge on any atom is 0.318 e. The second kappa shape index (κ2) is 7.46. The first-order chi connectivity index (χ1) is 12.0. The van der Waals surface area contributed by atoms with E-state index in [9.17, 15) is 9.59 Å². The number of rotatable bonds is 3. The summed E-state index contributed by atoms with van der Waals surface area (Å²) in [7, 11) is 0. The van der Waals surface area contributed by atoms with Gasteiger partial charge in [0.15, 0.2) is 0 Å². The largest absolute Gasteiger partial charge is 0.481 e. The number of nitrogens with one attached hydrogen (secondary N) is 1. The molecule has 5 heteroatoms. The second-order valence-electron chi connectivity index (χ2n) is 7.59. The summed E-state index contributed by atoms with van der Waals surface area (Å²) in [6, 6.07) is 10.9. The summed E-state index contributed by atoms with van der Waals surface area (Å²) >= 11 is 0. The van der Waals surface area contributed by atoms with Gasteiger partial charge in [-0.2, -0.15) is 0 Å². The Morgan fingerprint density at radius 3 is 2.32 bits per heavy atom. The number of hydrogen-bond acceptors (Lipinski definition) is 2. The lowest BCUT2D eigenvalue weighted by Gasteiger charge is -2.32. The fourth-order valence-corrected chi connectivity index (χ4v) is 4.51. The van der Waals surface area contributed by atoms with Crippen LogP contribution in [-0.4, -0.2) is 40.1 Å². The lowest BCUT2D eigenvalue weighted by atomic mass is 9.86. The molecule has 2 aliphatic rings.